The molecule has 2 N–H and O–H groups in total. The molecule has 33 heavy (non-hydrogen) atoms. The van der Waals surface area contributed by atoms with E-state index in [2.05, 4.69) is 40.6 Å². The van der Waals surface area contributed by atoms with Crippen LogP contribution in [0.15, 0.2) is 77.3 Å². The number of hydrogen-bond donors (Lipinski definition) is 2. The standard InChI is InChI=1S/C26H27BrN2O4/c1-18(2)20-12-13-24(22(27)16-20)33-17-25(30)28-29-26(31)21-10-6-7-11-23(21)32-15-14-19-8-4-3-5-9-19/h3-13,16,18H,14-15,17H2,1-2H3,(H,28,30)(H,29,31). The molecule has 0 bridgehead atoms. The summed E-state index contributed by atoms with van der Waals surface area (Å²) in [6, 6.07) is 22.6. The average molecular weight is 511 g/mol. The summed E-state index contributed by atoms with van der Waals surface area (Å²) in [4.78, 5) is 24.7. The highest BCUT2D eigenvalue weighted by Crippen LogP contribution is 2.28. The van der Waals surface area contributed by atoms with Crippen molar-refractivity contribution >= 4 is 27.7 Å². The highest BCUT2D eigenvalue weighted by molar-refractivity contribution is 9.10. The Morgan fingerprint density at radius 2 is 1.61 bits per heavy atom. The number of carbonyl (C=O) groups excluding carboxylic acids is 2. The van der Waals surface area contributed by atoms with E-state index in [0.717, 1.165) is 22.0 Å². The summed E-state index contributed by atoms with van der Waals surface area (Å²) in [7, 11) is 0. The first-order chi connectivity index (χ1) is 15.9. The van der Waals surface area contributed by atoms with E-state index in [4.69, 9.17) is 9.47 Å². The van der Waals surface area contributed by atoms with Crippen molar-refractivity contribution < 1.29 is 19.1 Å². The third kappa shape index (κ3) is 7.36. The van der Waals surface area contributed by atoms with Crippen LogP contribution < -0.4 is 20.3 Å². The first-order valence-corrected chi connectivity index (χ1v) is 11.5. The summed E-state index contributed by atoms with van der Waals surface area (Å²) in [5.41, 5.74) is 7.43. The Morgan fingerprint density at radius 1 is 0.879 bits per heavy atom. The minimum absolute atomic E-state index is 0.241. The molecule has 0 atom stereocenters. The van der Waals surface area contributed by atoms with Crippen LogP contribution >= 0.6 is 15.9 Å². The van der Waals surface area contributed by atoms with Gasteiger partial charge in [0.15, 0.2) is 6.61 Å². The number of amides is 2. The summed E-state index contributed by atoms with van der Waals surface area (Å²) >= 11 is 3.46. The molecule has 0 saturated carbocycles. The molecule has 0 aliphatic carbocycles. The van der Waals surface area contributed by atoms with Gasteiger partial charge in [0.1, 0.15) is 11.5 Å². The topological polar surface area (TPSA) is 76.7 Å². The van der Waals surface area contributed by atoms with Crippen molar-refractivity contribution in [2.45, 2.75) is 26.2 Å². The number of rotatable bonds is 9. The second kappa shape index (κ2) is 12.1. The van der Waals surface area contributed by atoms with Gasteiger partial charge in [-0.05, 0) is 57.2 Å². The predicted octanol–water partition coefficient (Wildman–Crippen LogP) is 5.03. The molecule has 2 amide bonds. The summed E-state index contributed by atoms with van der Waals surface area (Å²) in [5, 5.41) is 0. The van der Waals surface area contributed by atoms with Crippen molar-refractivity contribution in [3.05, 3.63) is 94.0 Å². The number of hydrogen-bond acceptors (Lipinski definition) is 4. The molecule has 0 saturated heterocycles. The number of carbonyl (C=O) groups is 2. The third-order valence-corrected chi connectivity index (χ3v) is 5.54. The number of ether oxygens (including phenoxy) is 2. The maximum atomic E-state index is 12.6. The van der Waals surface area contributed by atoms with Crippen LogP contribution in [0, 0.1) is 0 Å². The first kappa shape index (κ1) is 24.3. The molecule has 0 heterocycles. The molecule has 6 nitrogen and oxygen atoms in total. The Hall–Kier alpha value is -3.32. The van der Waals surface area contributed by atoms with Crippen LogP contribution in [0.5, 0.6) is 11.5 Å². The van der Waals surface area contributed by atoms with Gasteiger partial charge in [-0.2, -0.15) is 0 Å². The molecule has 0 radical (unpaired) electrons. The molecule has 0 unspecified atom stereocenters. The molecular weight excluding hydrogens is 484 g/mol. The number of nitrogens with one attached hydrogen (secondary N) is 2. The van der Waals surface area contributed by atoms with E-state index < -0.39 is 11.8 Å². The number of hydrazine groups is 1. The van der Waals surface area contributed by atoms with Gasteiger partial charge in [0.05, 0.1) is 16.6 Å². The van der Waals surface area contributed by atoms with E-state index in [0.29, 0.717) is 29.6 Å². The van der Waals surface area contributed by atoms with Gasteiger partial charge in [0, 0.05) is 6.42 Å². The van der Waals surface area contributed by atoms with Crippen molar-refractivity contribution in [2.75, 3.05) is 13.2 Å². The zero-order valence-corrected chi connectivity index (χ0v) is 20.2. The van der Waals surface area contributed by atoms with Gasteiger partial charge in [-0.15, -0.1) is 0 Å². The molecule has 172 valence electrons. The fourth-order valence-electron chi connectivity index (χ4n) is 3.07. The predicted molar refractivity (Wildman–Crippen MR) is 131 cm³/mol. The molecule has 7 heteroatoms. The zero-order valence-electron chi connectivity index (χ0n) is 18.6. The minimum Gasteiger partial charge on any atom is -0.492 e. The monoisotopic (exact) mass is 510 g/mol. The van der Waals surface area contributed by atoms with E-state index in [1.165, 1.54) is 0 Å². The van der Waals surface area contributed by atoms with Gasteiger partial charge >= 0.3 is 0 Å². The van der Waals surface area contributed by atoms with Crippen LogP contribution in [0.4, 0.5) is 0 Å². The van der Waals surface area contributed by atoms with Crippen molar-refractivity contribution in [1.29, 1.82) is 0 Å². The van der Waals surface area contributed by atoms with Crippen LogP contribution in [0.3, 0.4) is 0 Å². The third-order valence-electron chi connectivity index (χ3n) is 4.92. The van der Waals surface area contributed by atoms with Gasteiger partial charge in [-0.1, -0.05) is 62.4 Å². The lowest BCUT2D eigenvalue weighted by atomic mass is 10.0. The molecule has 0 aromatic heterocycles. The smallest absolute Gasteiger partial charge is 0.276 e. The van der Waals surface area contributed by atoms with Crippen LogP contribution in [-0.2, 0) is 11.2 Å². The Morgan fingerprint density at radius 3 is 2.33 bits per heavy atom. The molecule has 0 spiro atoms. The van der Waals surface area contributed by atoms with Gasteiger partial charge in [-0.25, -0.2) is 0 Å². The minimum atomic E-state index is -0.481. The number of benzene rings is 3. The summed E-state index contributed by atoms with van der Waals surface area (Å²) in [6.07, 6.45) is 0.721. The Labute approximate surface area is 202 Å². The molecule has 3 aromatic carbocycles. The lowest BCUT2D eigenvalue weighted by Crippen LogP contribution is -2.44. The number of para-hydroxylation sites is 1. The van der Waals surface area contributed by atoms with Gasteiger partial charge in [0.2, 0.25) is 0 Å². The van der Waals surface area contributed by atoms with E-state index in [9.17, 15) is 9.59 Å². The number of halogens is 1. The Bertz CT molecular complexity index is 1090. The summed E-state index contributed by atoms with van der Waals surface area (Å²) in [6.45, 7) is 4.39. The van der Waals surface area contributed by atoms with Crippen molar-refractivity contribution in [1.82, 2.24) is 10.9 Å². The van der Waals surface area contributed by atoms with E-state index >= 15 is 0 Å². The lowest BCUT2D eigenvalue weighted by Gasteiger charge is -2.13. The Balaban J connectivity index is 1.48. The van der Waals surface area contributed by atoms with Crippen molar-refractivity contribution in [3.63, 3.8) is 0 Å². The summed E-state index contributed by atoms with van der Waals surface area (Å²) in [5.74, 6) is 0.439. The van der Waals surface area contributed by atoms with Gasteiger partial charge < -0.3 is 9.47 Å². The lowest BCUT2D eigenvalue weighted by molar-refractivity contribution is -0.123. The van der Waals surface area contributed by atoms with E-state index in [1.807, 2.05) is 48.5 Å². The first-order valence-electron chi connectivity index (χ1n) is 10.7. The quantitative estimate of drug-likeness (QED) is 0.395. The maximum absolute atomic E-state index is 12.6. The highest BCUT2D eigenvalue weighted by Gasteiger charge is 2.14. The SMILES string of the molecule is CC(C)c1ccc(OCC(=O)NNC(=O)c2ccccc2OCCc2ccccc2)c(Br)c1. The van der Waals surface area contributed by atoms with Crippen LogP contribution in [0.2, 0.25) is 0 Å². The van der Waals surface area contributed by atoms with Crippen LogP contribution in [0.25, 0.3) is 0 Å². The normalized spacial score (nSPS) is 10.5. The molecule has 3 aromatic rings. The van der Waals surface area contributed by atoms with Crippen molar-refractivity contribution in [2.24, 2.45) is 0 Å². The summed E-state index contributed by atoms with van der Waals surface area (Å²) < 4.78 is 12.1. The van der Waals surface area contributed by atoms with Crippen LogP contribution in [-0.4, -0.2) is 25.0 Å². The zero-order chi connectivity index (χ0) is 23.6. The fourth-order valence-corrected chi connectivity index (χ4v) is 3.58. The van der Waals surface area contributed by atoms with Crippen molar-refractivity contribution in [3.8, 4) is 11.5 Å². The Kier molecular flexibility index (Phi) is 8.89. The average Bonchev–Trinajstić information content (AvgIpc) is 2.82. The molecule has 0 aliphatic rings. The largest absolute Gasteiger partial charge is 0.492 e. The fraction of sp³-hybridized carbons (Fsp3) is 0.231. The van der Waals surface area contributed by atoms with E-state index in [1.54, 1.807) is 24.3 Å². The maximum Gasteiger partial charge on any atom is 0.276 e. The molecule has 0 fully saturated rings. The second-order valence-electron chi connectivity index (χ2n) is 7.72. The molecular formula is C26H27BrN2O4. The second-order valence-corrected chi connectivity index (χ2v) is 8.57. The van der Waals surface area contributed by atoms with Gasteiger partial charge in [0.25, 0.3) is 11.8 Å². The van der Waals surface area contributed by atoms with Crippen LogP contribution in [0.1, 0.15) is 41.3 Å². The highest BCUT2D eigenvalue weighted by atomic mass is 79.9. The molecule has 0 aliphatic heterocycles. The molecule has 3 rings (SSSR count). The van der Waals surface area contributed by atoms with Gasteiger partial charge in [-0.3, -0.25) is 20.4 Å². The van der Waals surface area contributed by atoms with E-state index in [-0.39, 0.29) is 6.61 Å².